The summed E-state index contributed by atoms with van der Waals surface area (Å²) in [5.41, 5.74) is 0.908. The number of hydrogen-bond acceptors (Lipinski definition) is 4. The molecule has 110 valence electrons. The van der Waals surface area contributed by atoms with E-state index in [4.69, 9.17) is 4.74 Å². The normalized spacial score (nSPS) is 18.9. The first-order chi connectivity index (χ1) is 9.66. The minimum Gasteiger partial charge on any atom is -0.475 e. The molecule has 0 unspecified atom stereocenters. The van der Waals surface area contributed by atoms with Crippen LogP contribution in [0.3, 0.4) is 0 Å². The minimum absolute atomic E-state index is 0.0593. The van der Waals surface area contributed by atoms with Gasteiger partial charge in [-0.3, -0.25) is 4.79 Å². The zero-order valence-electron chi connectivity index (χ0n) is 12.2. The molecule has 0 aliphatic carbocycles. The Bertz CT molecular complexity index is 442. The van der Waals surface area contributed by atoms with Crippen molar-refractivity contribution in [2.24, 2.45) is 0 Å². The zero-order chi connectivity index (χ0) is 14.4. The third kappa shape index (κ3) is 4.20. The molecule has 1 aliphatic heterocycles. The fourth-order valence-electron chi connectivity index (χ4n) is 2.27. The van der Waals surface area contributed by atoms with Gasteiger partial charge in [-0.05, 0) is 39.3 Å². The molecule has 20 heavy (non-hydrogen) atoms. The van der Waals surface area contributed by atoms with E-state index in [1.807, 2.05) is 26.0 Å². The van der Waals surface area contributed by atoms with Crippen LogP contribution in [-0.2, 0) is 11.3 Å². The monoisotopic (exact) mass is 277 g/mol. The molecular weight excluding hydrogens is 254 g/mol. The van der Waals surface area contributed by atoms with E-state index in [0.29, 0.717) is 12.4 Å². The second kappa shape index (κ2) is 7.24. The highest BCUT2D eigenvalue weighted by molar-refractivity contribution is 5.81. The number of carbonyl (C=O) groups excluding carboxylic acids is 1. The van der Waals surface area contributed by atoms with Gasteiger partial charge in [0, 0.05) is 18.3 Å². The summed E-state index contributed by atoms with van der Waals surface area (Å²) in [5.74, 6) is 0.656. The van der Waals surface area contributed by atoms with Crippen molar-refractivity contribution >= 4 is 5.91 Å². The third-order valence-electron chi connectivity index (χ3n) is 3.28. The number of amides is 1. The highest BCUT2D eigenvalue weighted by atomic mass is 16.5. The molecule has 5 nitrogen and oxygen atoms in total. The van der Waals surface area contributed by atoms with Crippen molar-refractivity contribution < 1.29 is 9.53 Å². The molecule has 0 spiro atoms. The fourth-order valence-corrected chi connectivity index (χ4v) is 2.27. The Morgan fingerprint density at radius 1 is 1.55 bits per heavy atom. The first-order valence-corrected chi connectivity index (χ1v) is 7.28. The fraction of sp³-hybridized carbons (Fsp3) is 0.600. The summed E-state index contributed by atoms with van der Waals surface area (Å²) >= 11 is 0. The number of carbonyl (C=O) groups is 1. The van der Waals surface area contributed by atoms with E-state index in [1.165, 1.54) is 0 Å². The number of aromatic nitrogens is 1. The van der Waals surface area contributed by atoms with Gasteiger partial charge in [-0.2, -0.15) is 0 Å². The van der Waals surface area contributed by atoms with Crippen molar-refractivity contribution in [2.45, 2.75) is 51.8 Å². The van der Waals surface area contributed by atoms with Crippen molar-refractivity contribution in [2.75, 3.05) is 6.54 Å². The van der Waals surface area contributed by atoms with Gasteiger partial charge in [-0.1, -0.05) is 12.5 Å². The Kier molecular flexibility index (Phi) is 5.35. The maximum absolute atomic E-state index is 12.1. The number of nitrogens with one attached hydrogen (secondary N) is 2. The Hall–Kier alpha value is -1.62. The van der Waals surface area contributed by atoms with E-state index in [2.05, 4.69) is 15.6 Å². The van der Waals surface area contributed by atoms with Gasteiger partial charge in [-0.25, -0.2) is 4.98 Å². The molecule has 0 saturated carbocycles. The maximum atomic E-state index is 12.1. The van der Waals surface area contributed by atoms with Gasteiger partial charge in [0.25, 0.3) is 0 Å². The number of piperidine rings is 1. The Morgan fingerprint density at radius 2 is 2.40 bits per heavy atom. The molecular formula is C15H23N3O2. The van der Waals surface area contributed by atoms with E-state index < -0.39 is 0 Å². The molecule has 1 aliphatic rings. The molecule has 0 radical (unpaired) electrons. The number of hydrogen-bond donors (Lipinski definition) is 2. The van der Waals surface area contributed by atoms with Crippen LogP contribution in [0.2, 0.25) is 0 Å². The lowest BCUT2D eigenvalue weighted by Gasteiger charge is -2.22. The average molecular weight is 277 g/mol. The molecule has 0 bridgehead atoms. The molecule has 1 aromatic rings. The first-order valence-electron chi connectivity index (χ1n) is 7.28. The minimum atomic E-state index is -0.0603. The average Bonchev–Trinajstić information content (AvgIpc) is 2.46. The lowest BCUT2D eigenvalue weighted by molar-refractivity contribution is -0.123. The summed E-state index contributed by atoms with van der Waals surface area (Å²) < 4.78 is 5.65. The van der Waals surface area contributed by atoms with E-state index in [1.54, 1.807) is 6.20 Å². The molecule has 2 N–H and O–H groups in total. The molecule has 2 heterocycles. The highest BCUT2D eigenvalue weighted by Gasteiger charge is 2.20. The van der Waals surface area contributed by atoms with Gasteiger partial charge in [0.1, 0.15) is 0 Å². The lowest BCUT2D eigenvalue weighted by Crippen LogP contribution is -2.46. The largest absolute Gasteiger partial charge is 0.475 e. The molecule has 2 rings (SSSR count). The number of nitrogens with zero attached hydrogens (tertiary/aromatic N) is 1. The second-order valence-electron chi connectivity index (χ2n) is 5.35. The molecule has 5 heteroatoms. The van der Waals surface area contributed by atoms with Crippen LogP contribution in [0.1, 0.15) is 38.7 Å². The van der Waals surface area contributed by atoms with Crippen LogP contribution in [0.25, 0.3) is 0 Å². The van der Waals surface area contributed by atoms with Crippen LogP contribution >= 0.6 is 0 Å². The van der Waals surface area contributed by atoms with Crippen LogP contribution in [0.5, 0.6) is 5.88 Å². The molecule has 1 aromatic heterocycles. The van der Waals surface area contributed by atoms with Crippen molar-refractivity contribution in [3.05, 3.63) is 23.9 Å². The quantitative estimate of drug-likeness (QED) is 0.858. The van der Waals surface area contributed by atoms with Crippen molar-refractivity contribution in [1.29, 1.82) is 0 Å². The van der Waals surface area contributed by atoms with E-state index in [9.17, 15) is 4.79 Å². The summed E-state index contributed by atoms with van der Waals surface area (Å²) in [6.45, 7) is 5.30. The second-order valence-corrected chi connectivity index (χ2v) is 5.35. The summed E-state index contributed by atoms with van der Waals surface area (Å²) in [6, 6.07) is 3.72. The summed E-state index contributed by atoms with van der Waals surface area (Å²) in [4.78, 5) is 16.3. The van der Waals surface area contributed by atoms with Crippen molar-refractivity contribution in [3.63, 3.8) is 0 Å². The highest BCUT2D eigenvalue weighted by Crippen LogP contribution is 2.16. The standard InChI is InChI=1S/C15H23N3O2/c1-11(2)20-15-12(6-5-9-17-15)10-18-14(19)13-7-3-4-8-16-13/h5-6,9,11,13,16H,3-4,7-8,10H2,1-2H3,(H,18,19)/t13-/m1/s1. The van der Waals surface area contributed by atoms with Gasteiger partial charge in [-0.15, -0.1) is 0 Å². The number of pyridine rings is 1. The zero-order valence-corrected chi connectivity index (χ0v) is 12.2. The van der Waals surface area contributed by atoms with Gasteiger partial charge < -0.3 is 15.4 Å². The number of ether oxygens (including phenoxy) is 1. The van der Waals surface area contributed by atoms with Gasteiger partial charge in [0.05, 0.1) is 12.1 Å². The predicted molar refractivity (Wildman–Crippen MR) is 77.5 cm³/mol. The first kappa shape index (κ1) is 14.8. The smallest absolute Gasteiger partial charge is 0.237 e. The molecule has 1 fully saturated rings. The summed E-state index contributed by atoms with van der Waals surface area (Å²) in [7, 11) is 0. The molecule has 1 amide bonds. The predicted octanol–water partition coefficient (Wildman–Crippen LogP) is 1.63. The maximum Gasteiger partial charge on any atom is 0.237 e. The van der Waals surface area contributed by atoms with Gasteiger partial charge in [0.15, 0.2) is 0 Å². The number of rotatable bonds is 5. The van der Waals surface area contributed by atoms with Gasteiger partial charge in [0.2, 0.25) is 11.8 Å². The third-order valence-corrected chi connectivity index (χ3v) is 3.28. The van der Waals surface area contributed by atoms with Crippen LogP contribution in [0, 0.1) is 0 Å². The summed E-state index contributed by atoms with van der Waals surface area (Å²) in [5, 5.41) is 6.20. The van der Waals surface area contributed by atoms with Gasteiger partial charge >= 0.3 is 0 Å². The molecule has 1 saturated heterocycles. The Balaban J connectivity index is 1.91. The van der Waals surface area contributed by atoms with E-state index >= 15 is 0 Å². The topological polar surface area (TPSA) is 63.2 Å². The molecule has 0 aromatic carbocycles. The van der Waals surface area contributed by atoms with Crippen LogP contribution in [0.15, 0.2) is 18.3 Å². The lowest BCUT2D eigenvalue weighted by atomic mass is 10.0. The van der Waals surface area contributed by atoms with Crippen molar-refractivity contribution in [1.82, 2.24) is 15.6 Å². The van der Waals surface area contributed by atoms with Crippen LogP contribution in [-0.4, -0.2) is 29.6 Å². The molecule has 1 atom stereocenters. The summed E-state index contributed by atoms with van der Waals surface area (Å²) in [6.07, 6.45) is 4.94. The SMILES string of the molecule is CC(C)Oc1ncccc1CNC(=O)[C@H]1CCCCN1. The Morgan fingerprint density at radius 3 is 3.10 bits per heavy atom. The van der Waals surface area contributed by atoms with Crippen LogP contribution < -0.4 is 15.4 Å². The van der Waals surface area contributed by atoms with Crippen molar-refractivity contribution in [3.8, 4) is 5.88 Å². The van der Waals surface area contributed by atoms with Crippen LogP contribution in [0.4, 0.5) is 0 Å². The van der Waals surface area contributed by atoms with E-state index in [0.717, 1.165) is 31.4 Å². The Labute approximate surface area is 120 Å². The van der Waals surface area contributed by atoms with E-state index in [-0.39, 0.29) is 18.1 Å².